The Kier molecular flexibility index (Phi) is 4.55. The molecule has 6 aromatic carbocycles. The van der Waals surface area contributed by atoms with Gasteiger partial charge in [0.15, 0.2) is 5.58 Å². The molecule has 0 amide bonds. The first-order valence-electron chi connectivity index (χ1n) is 12.8. The lowest BCUT2D eigenvalue weighted by Gasteiger charge is -2.27. The molecule has 0 aliphatic rings. The zero-order valence-corrected chi connectivity index (χ0v) is 20.8. The minimum absolute atomic E-state index is 0.613. The molecule has 0 aliphatic heterocycles. The average Bonchev–Trinajstić information content (AvgIpc) is 3.57. The fraction of sp³-hybridized carbons (Fsp3) is 0. The lowest BCUT2D eigenvalue weighted by molar-refractivity contribution is 0.669. The number of fused-ring (bicyclic) bond motifs is 8. The molecule has 2 heterocycles. The van der Waals surface area contributed by atoms with Gasteiger partial charge in [-0.15, -0.1) is 0 Å². The number of nitriles is 1. The second kappa shape index (κ2) is 8.24. The zero-order chi connectivity index (χ0) is 25.9. The molecule has 39 heavy (non-hydrogen) atoms. The maximum atomic E-state index is 9.47. The molecule has 0 fully saturated rings. The van der Waals surface area contributed by atoms with Crippen molar-refractivity contribution in [2.24, 2.45) is 0 Å². The second-order valence-corrected chi connectivity index (χ2v) is 9.66. The summed E-state index contributed by atoms with van der Waals surface area (Å²) >= 11 is 0. The van der Waals surface area contributed by atoms with Crippen LogP contribution in [0.3, 0.4) is 0 Å². The molecule has 0 spiro atoms. The Bertz CT molecular complexity index is 2250. The number of anilines is 3. The van der Waals surface area contributed by atoms with Crippen molar-refractivity contribution in [1.29, 1.82) is 5.26 Å². The largest absolute Gasteiger partial charge is 0.455 e. The summed E-state index contributed by atoms with van der Waals surface area (Å²) in [4.78, 5) is 2.23. The molecule has 4 nitrogen and oxygen atoms in total. The Labute approximate surface area is 223 Å². The van der Waals surface area contributed by atoms with E-state index in [1.165, 1.54) is 0 Å². The van der Waals surface area contributed by atoms with E-state index >= 15 is 0 Å². The fourth-order valence-corrected chi connectivity index (χ4v) is 5.71. The van der Waals surface area contributed by atoms with Gasteiger partial charge in [-0.05, 0) is 48.5 Å². The molecule has 0 N–H and O–H groups in total. The quantitative estimate of drug-likeness (QED) is 0.242. The van der Waals surface area contributed by atoms with Crippen LogP contribution in [-0.2, 0) is 0 Å². The highest BCUT2D eigenvalue weighted by atomic mass is 16.3. The number of para-hydroxylation sites is 3. The van der Waals surface area contributed by atoms with Crippen molar-refractivity contribution in [2.45, 2.75) is 0 Å². The predicted molar refractivity (Wildman–Crippen MR) is 158 cm³/mol. The van der Waals surface area contributed by atoms with E-state index in [9.17, 15) is 5.26 Å². The highest BCUT2D eigenvalue weighted by Crippen LogP contribution is 2.47. The second-order valence-electron chi connectivity index (χ2n) is 9.66. The van der Waals surface area contributed by atoms with Crippen molar-refractivity contribution in [3.05, 3.63) is 127 Å². The van der Waals surface area contributed by atoms with Gasteiger partial charge in [0.2, 0.25) is 0 Å². The van der Waals surface area contributed by atoms with Crippen molar-refractivity contribution in [3.63, 3.8) is 0 Å². The summed E-state index contributed by atoms with van der Waals surface area (Å²) in [6.45, 7) is 0. The number of hydrogen-bond acceptors (Lipinski definition) is 4. The van der Waals surface area contributed by atoms with Gasteiger partial charge in [-0.25, -0.2) is 0 Å². The molecule has 182 valence electrons. The first-order chi connectivity index (χ1) is 19.3. The van der Waals surface area contributed by atoms with Gasteiger partial charge >= 0.3 is 0 Å². The van der Waals surface area contributed by atoms with Crippen LogP contribution in [0.2, 0.25) is 0 Å². The lowest BCUT2D eigenvalue weighted by Crippen LogP contribution is -2.11. The van der Waals surface area contributed by atoms with Gasteiger partial charge in [0.1, 0.15) is 16.7 Å². The molecule has 0 aliphatic carbocycles. The van der Waals surface area contributed by atoms with E-state index in [-0.39, 0.29) is 0 Å². The summed E-state index contributed by atoms with van der Waals surface area (Å²) in [6, 6.07) is 43.0. The third-order valence-corrected chi connectivity index (χ3v) is 7.48. The van der Waals surface area contributed by atoms with E-state index in [4.69, 9.17) is 8.83 Å². The van der Waals surface area contributed by atoms with Crippen molar-refractivity contribution in [1.82, 2.24) is 0 Å². The predicted octanol–water partition coefficient (Wildman–Crippen LogP) is 9.98. The van der Waals surface area contributed by atoms with Crippen molar-refractivity contribution < 1.29 is 8.83 Å². The van der Waals surface area contributed by atoms with Crippen molar-refractivity contribution >= 4 is 71.7 Å². The summed E-state index contributed by atoms with van der Waals surface area (Å²) in [5.74, 6) is 0. The van der Waals surface area contributed by atoms with Crippen LogP contribution < -0.4 is 4.90 Å². The van der Waals surface area contributed by atoms with Crippen LogP contribution >= 0.6 is 0 Å². The molecule has 4 heteroatoms. The summed E-state index contributed by atoms with van der Waals surface area (Å²) in [7, 11) is 0. The van der Waals surface area contributed by atoms with Gasteiger partial charge in [-0.1, -0.05) is 72.8 Å². The van der Waals surface area contributed by atoms with Crippen LogP contribution in [0.15, 0.2) is 130 Å². The maximum absolute atomic E-state index is 9.47. The van der Waals surface area contributed by atoms with E-state index in [0.29, 0.717) is 5.56 Å². The Hall–Kier alpha value is -5.53. The van der Waals surface area contributed by atoms with E-state index in [1.807, 2.05) is 66.7 Å². The normalized spacial score (nSPS) is 11.6. The van der Waals surface area contributed by atoms with Gasteiger partial charge in [-0.3, -0.25) is 0 Å². The van der Waals surface area contributed by atoms with Gasteiger partial charge < -0.3 is 13.7 Å². The number of benzene rings is 6. The average molecular weight is 501 g/mol. The third kappa shape index (κ3) is 3.17. The molecule has 0 saturated heterocycles. The molecular weight excluding hydrogens is 480 g/mol. The number of furan rings is 2. The highest BCUT2D eigenvalue weighted by molar-refractivity contribution is 6.20. The standard InChI is InChI=1S/C35H20N2O2/c36-21-22-16-18-23(19-17-22)37(30-13-7-12-28-25-9-3-5-14-32(25)39-35(28)30)31-20-29-26-10-4-6-15-33(26)38-34(29)27-11-2-1-8-24(27)31/h1-20H. The molecular formula is C35H20N2O2. The van der Waals surface area contributed by atoms with Gasteiger partial charge in [0.25, 0.3) is 0 Å². The molecule has 8 rings (SSSR count). The lowest BCUT2D eigenvalue weighted by atomic mass is 10.0. The van der Waals surface area contributed by atoms with Crippen molar-refractivity contribution in [3.8, 4) is 6.07 Å². The summed E-state index contributed by atoms with van der Waals surface area (Å²) in [6.07, 6.45) is 0. The van der Waals surface area contributed by atoms with Gasteiger partial charge in [-0.2, -0.15) is 5.26 Å². The molecule has 0 bridgehead atoms. The van der Waals surface area contributed by atoms with Gasteiger partial charge in [0, 0.05) is 38.0 Å². The molecule has 0 unspecified atom stereocenters. The number of nitrogens with zero attached hydrogens (tertiary/aromatic N) is 2. The Morgan fingerprint density at radius 1 is 0.487 bits per heavy atom. The molecule has 0 radical (unpaired) electrons. The third-order valence-electron chi connectivity index (χ3n) is 7.48. The fourth-order valence-electron chi connectivity index (χ4n) is 5.71. The Morgan fingerprint density at radius 2 is 1.05 bits per heavy atom. The first-order valence-corrected chi connectivity index (χ1v) is 12.8. The molecule has 0 atom stereocenters. The highest BCUT2D eigenvalue weighted by Gasteiger charge is 2.23. The summed E-state index contributed by atoms with van der Waals surface area (Å²) in [5, 5.41) is 15.8. The van der Waals surface area contributed by atoms with E-state index in [2.05, 4.69) is 65.6 Å². The van der Waals surface area contributed by atoms with E-state index < -0.39 is 0 Å². The monoisotopic (exact) mass is 500 g/mol. The van der Waals surface area contributed by atoms with Crippen LogP contribution in [0.5, 0.6) is 0 Å². The summed E-state index contributed by atoms with van der Waals surface area (Å²) in [5.41, 5.74) is 6.86. The maximum Gasteiger partial charge on any atom is 0.159 e. The number of hydrogen-bond donors (Lipinski definition) is 0. The van der Waals surface area contributed by atoms with Crippen LogP contribution in [0.4, 0.5) is 17.1 Å². The van der Waals surface area contributed by atoms with Crippen LogP contribution in [0, 0.1) is 11.3 Å². The molecule has 0 saturated carbocycles. The minimum atomic E-state index is 0.613. The summed E-state index contributed by atoms with van der Waals surface area (Å²) < 4.78 is 12.9. The minimum Gasteiger partial charge on any atom is -0.455 e. The van der Waals surface area contributed by atoms with E-state index in [0.717, 1.165) is 71.7 Å². The Balaban J connectivity index is 1.51. The molecule has 8 aromatic rings. The van der Waals surface area contributed by atoms with Crippen LogP contribution in [0.25, 0.3) is 54.6 Å². The topological polar surface area (TPSA) is 53.3 Å². The SMILES string of the molecule is N#Cc1ccc(N(c2cc3c4ccccc4oc3c3ccccc23)c2cccc3c2oc2ccccc23)cc1. The first kappa shape index (κ1) is 21.5. The van der Waals surface area contributed by atoms with Crippen LogP contribution in [0.1, 0.15) is 5.56 Å². The zero-order valence-electron chi connectivity index (χ0n) is 20.8. The van der Waals surface area contributed by atoms with E-state index in [1.54, 1.807) is 0 Å². The Morgan fingerprint density at radius 3 is 1.77 bits per heavy atom. The van der Waals surface area contributed by atoms with Gasteiger partial charge in [0.05, 0.1) is 23.0 Å². The van der Waals surface area contributed by atoms with Crippen molar-refractivity contribution in [2.75, 3.05) is 4.90 Å². The smallest absolute Gasteiger partial charge is 0.159 e. The molecule has 2 aromatic heterocycles. The number of rotatable bonds is 3. The van der Waals surface area contributed by atoms with Crippen LogP contribution in [-0.4, -0.2) is 0 Å².